The molecule has 0 saturated carbocycles. The first-order valence-electron chi connectivity index (χ1n) is 7.50. The van der Waals surface area contributed by atoms with Gasteiger partial charge in [0.2, 0.25) is 10.0 Å². The lowest BCUT2D eigenvalue weighted by molar-refractivity contribution is 0.600. The molecule has 0 fully saturated rings. The van der Waals surface area contributed by atoms with Crippen molar-refractivity contribution in [3.8, 4) is 11.3 Å². The third-order valence-corrected chi connectivity index (χ3v) is 5.54. The van der Waals surface area contributed by atoms with E-state index < -0.39 is 10.0 Å². The van der Waals surface area contributed by atoms with E-state index in [1.165, 1.54) is 0 Å². The van der Waals surface area contributed by atoms with Gasteiger partial charge in [-0.25, -0.2) is 13.4 Å². The van der Waals surface area contributed by atoms with Crippen LogP contribution in [0.15, 0.2) is 53.9 Å². The van der Waals surface area contributed by atoms with Crippen LogP contribution in [0.4, 0.5) is 5.69 Å². The molecule has 0 amide bonds. The number of para-hydroxylation sites is 1. The Morgan fingerprint density at radius 2 is 1.88 bits per heavy atom. The van der Waals surface area contributed by atoms with Gasteiger partial charge < -0.3 is 0 Å². The lowest BCUT2D eigenvalue weighted by atomic mass is 10.1. The van der Waals surface area contributed by atoms with E-state index in [-0.39, 0.29) is 5.75 Å². The molecule has 24 heavy (non-hydrogen) atoms. The third-order valence-electron chi connectivity index (χ3n) is 3.53. The van der Waals surface area contributed by atoms with Crippen molar-refractivity contribution in [2.24, 2.45) is 0 Å². The second-order valence-corrected chi connectivity index (χ2v) is 8.43. The zero-order chi connectivity index (χ0) is 17.2. The SMILES string of the molecule is Cc1cccc(CS(=O)(=O)Nc2ccccc2-c2csc(C)n2)c1. The Labute approximate surface area is 146 Å². The molecule has 0 radical (unpaired) electrons. The molecule has 4 nitrogen and oxygen atoms in total. The number of aryl methyl sites for hydroxylation is 2. The van der Waals surface area contributed by atoms with E-state index in [0.717, 1.165) is 27.4 Å². The molecule has 0 aliphatic heterocycles. The molecule has 0 atom stereocenters. The summed E-state index contributed by atoms with van der Waals surface area (Å²) >= 11 is 1.54. The third kappa shape index (κ3) is 4.01. The van der Waals surface area contributed by atoms with Gasteiger partial charge in [-0.2, -0.15) is 0 Å². The van der Waals surface area contributed by atoms with Crippen molar-refractivity contribution in [3.63, 3.8) is 0 Å². The van der Waals surface area contributed by atoms with Crippen LogP contribution in [0, 0.1) is 13.8 Å². The largest absolute Gasteiger partial charge is 0.283 e. The zero-order valence-electron chi connectivity index (χ0n) is 13.5. The Bertz CT molecular complexity index is 962. The molecule has 0 aliphatic rings. The fourth-order valence-electron chi connectivity index (χ4n) is 2.51. The van der Waals surface area contributed by atoms with E-state index in [2.05, 4.69) is 9.71 Å². The Morgan fingerprint density at radius 3 is 2.58 bits per heavy atom. The monoisotopic (exact) mass is 358 g/mol. The van der Waals surface area contributed by atoms with Crippen LogP contribution >= 0.6 is 11.3 Å². The summed E-state index contributed by atoms with van der Waals surface area (Å²) in [6.45, 7) is 3.88. The van der Waals surface area contributed by atoms with Crippen molar-refractivity contribution < 1.29 is 8.42 Å². The van der Waals surface area contributed by atoms with Crippen LogP contribution in [-0.2, 0) is 15.8 Å². The maximum Gasteiger partial charge on any atom is 0.236 e. The van der Waals surface area contributed by atoms with Crippen LogP contribution in [-0.4, -0.2) is 13.4 Å². The van der Waals surface area contributed by atoms with Gasteiger partial charge in [0.05, 0.1) is 22.1 Å². The quantitative estimate of drug-likeness (QED) is 0.737. The Kier molecular flexibility index (Phi) is 4.69. The van der Waals surface area contributed by atoms with Crippen LogP contribution < -0.4 is 4.72 Å². The van der Waals surface area contributed by atoms with Gasteiger partial charge in [-0.05, 0) is 25.5 Å². The normalized spacial score (nSPS) is 11.4. The summed E-state index contributed by atoms with van der Waals surface area (Å²) in [5.41, 5.74) is 3.93. The highest BCUT2D eigenvalue weighted by Gasteiger charge is 2.15. The molecule has 124 valence electrons. The summed E-state index contributed by atoms with van der Waals surface area (Å²) in [7, 11) is -3.50. The molecule has 0 bridgehead atoms. The molecule has 1 aromatic heterocycles. The number of anilines is 1. The molecule has 1 heterocycles. The van der Waals surface area contributed by atoms with Gasteiger partial charge in [-0.1, -0.05) is 48.0 Å². The van der Waals surface area contributed by atoms with Gasteiger partial charge in [0.15, 0.2) is 0 Å². The number of sulfonamides is 1. The van der Waals surface area contributed by atoms with Gasteiger partial charge >= 0.3 is 0 Å². The number of aromatic nitrogens is 1. The zero-order valence-corrected chi connectivity index (χ0v) is 15.1. The highest BCUT2D eigenvalue weighted by molar-refractivity contribution is 7.91. The maximum atomic E-state index is 12.5. The predicted molar refractivity (Wildman–Crippen MR) is 99.7 cm³/mol. The van der Waals surface area contributed by atoms with E-state index in [9.17, 15) is 8.42 Å². The minimum Gasteiger partial charge on any atom is -0.283 e. The van der Waals surface area contributed by atoms with Gasteiger partial charge in [-0.3, -0.25) is 4.72 Å². The molecular weight excluding hydrogens is 340 g/mol. The summed E-state index contributed by atoms with van der Waals surface area (Å²) in [5, 5.41) is 2.88. The number of benzene rings is 2. The maximum absolute atomic E-state index is 12.5. The summed E-state index contributed by atoms with van der Waals surface area (Å²) in [6.07, 6.45) is 0. The Balaban J connectivity index is 1.88. The first-order valence-corrected chi connectivity index (χ1v) is 10.0. The second-order valence-electron chi connectivity index (χ2n) is 5.65. The van der Waals surface area contributed by atoms with Crippen molar-refractivity contribution in [2.45, 2.75) is 19.6 Å². The molecule has 3 aromatic rings. The number of hydrogen-bond acceptors (Lipinski definition) is 4. The lowest BCUT2D eigenvalue weighted by Gasteiger charge is -2.12. The number of rotatable bonds is 5. The fraction of sp³-hybridized carbons (Fsp3) is 0.167. The van der Waals surface area contributed by atoms with Gasteiger partial charge in [-0.15, -0.1) is 11.3 Å². The Hall–Kier alpha value is -2.18. The van der Waals surface area contributed by atoms with Crippen molar-refractivity contribution in [1.82, 2.24) is 4.98 Å². The van der Waals surface area contributed by atoms with E-state index in [1.807, 2.05) is 61.7 Å². The van der Waals surface area contributed by atoms with Crippen LogP contribution in [0.3, 0.4) is 0 Å². The van der Waals surface area contributed by atoms with Gasteiger partial charge in [0.25, 0.3) is 0 Å². The van der Waals surface area contributed by atoms with Gasteiger partial charge in [0, 0.05) is 10.9 Å². The first-order chi connectivity index (χ1) is 11.4. The molecule has 3 rings (SSSR count). The van der Waals surface area contributed by atoms with Gasteiger partial charge in [0.1, 0.15) is 0 Å². The van der Waals surface area contributed by atoms with Crippen molar-refractivity contribution in [3.05, 3.63) is 70.0 Å². The van der Waals surface area contributed by atoms with Crippen molar-refractivity contribution in [1.29, 1.82) is 0 Å². The molecule has 0 saturated heterocycles. The molecule has 0 unspecified atom stereocenters. The minimum absolute atomic E-state index is 0.0564. The molecule has 1 N–H and O–H groups in total. The molecular formula is C18H18N2O2S2. The van der Waals surface area contributed by atoms with E-state index in [1.54, 1.807) is 17.4 Å². The minimum atomic E-state index is -3.50. The number of nitrogens with zero attached hydrogens (tertiary/aromatic N) is 1. The van der Waals surface area contributed by atoms with Crippen LogP contribution in [0.1, 0.15) is 16.1 Å². The number of thiazole rings is 1. The van der Waals surface area contributed by atoms with Crippen LogP contribution in [0.5, 0.6) is 0 Å². The highest BCUT2D eigenvalue weighted by Crippen LogP contribution is 2.29. The average Bonchev–Trinajstić information content (AvgIpc) is 2.93. The lowest BCUT2D eigenvalue weighted by Crippen LogP contribution is -2.15. The summed E-state index contributed by atoms with van der Waals surface area (Å²) in [6, 6.07) is 14.8. The van der Waals surface area contributed by atoms with Crippen LogP contribution in [0.2, 0.25) is 0 Å². The number of hydrogen-bond donors (Lipinski definition) is 1. The Morgan fingerprint density at radius 1 is 1.08 bits per heavy atom. The smallest absolute Gasteiger partial charge is 0.236 e. The average molecular weight is 358 g/mol. The second kappa shape index (κ2) is 6.75. The molecule has 0 spiro atoms. The summed E-state index contributed by atoms with van der Waals surface area (Å²) < 4.78 is 27.8. The summed E-state index contributed by atoms with van der Waals surface area (Å²) in [4.78, 5) is 4.45. The summed E-state index contributed by atoms with van der Waals surface area (Å²) in [5.74, 6) is -0.0564. The topological polar surface area (TPSA) is 59.1 Å². The molecule has 2 aromatic carbocycles. The highest BCUT2D eigenvalue weighted by atomic mass is 32.2. The predicted octanol–water partition coefficient (Wildman–Crippen LogP) is 4.37. The standard InChI is InChI=1S/C18H18N2O2S2/c1-13-6-5-7-15(10-13)12-24(21,22)20-17-9-4-3-8-16(17)18-11-23-14(2)19-18/h3-11,20H,12H2,1-2H3. The molecule has 0 aliphatic carbocycles. The van der Waals surface area contributed by atoms with Crippen molar-refractivity contribution >= 4 is 27.0 Å². The fourth-order valence-corrected chi connectivity index (χ4v) is 4.32. The van der Waals surface area contributed by atoms with E-state index >= 15 is 0 Å². The molecule has 6 heteroatoms. The van der Waals surface area contributed by atoms with Crippen molar-refractivity contribution in [2.75, 3.05) is 4.72 Å². The first kappa shape index (κ1) is 16.7. The van der Waals surface area contributed by atoms with Crippen LogP contribution in [0.25, 0.3) is 11.3 Å². The van der Waals surface area contributed by atoms with E-state index in [4.69, 9.17) is 0 Å². The number of nitrogens with one attached hydrogen (secondary N) is 1. The van der Waals surface area contributed by atoms with E-state index in [0.29, 0.717) is 5.69 Å².